The van der Waals surface area contributed by atoms with Crippen LogP contribution in [0.25, 0.3) is 0 Å². The highest BCUT2D eigenvalue weighted by molar-refractivity contribution is 5.36. The first kappa shape index (κ1) is 21.4. The highest BCUT2D eigenvalue weighted by atomic mass is 16.5. The van der Waals surface area contributed by atoms with Gasteiger partial charge in [0.2, 0.25) is 0 Å². The molecule has 0 aromatic heterocycles. The third-order valence-electron chi connectivity index (χ3n) is 6.38. The van der Waals surface area contributed by atoms with Gasteiger partial charge in [0.05, 0.1) is 6.61 Å². The van der Waals surface area contributed by atoms with E-state index in [2.05, 4.69) is 42.2 Å². The van der Waals surface area contributed by atoms with E-state index < -0.39 is 37.1 Å². The summed E-state index contributed by atoms with van der Waals surface area (Å²) in [5.41, 5.74) is 5.84. The molecule has 2 aromatic rings. The molecule has 4 N–H and O–H groups in total. The third-order valence-corrected chi connectivity index (χ3v) is 6.38. The molecule has 0 unspecified atom stereocenters. The first-order valence-corrected chi connectivity index (χ1v) is 10.7. The Balaban J connectivity index is 1.50. The molecule has 2 aromatic carbocycles. The van der Waals surface area contributed by atoms with Crippen LogP contribution in [-0.4, -0.2) is 62.9 Å². The number of rotatable bonds is 5. The SMILES string of the molecule is CCc1ccc(CN2CCc3ccc([C@@H]4O[C@H](CO)[C@@H](O)[C@H](O)[C@H]4O)cc3C2)cc1. The van der Waals surface area contributed by atoms with Gasteiger partial charge in [-0.2, -0.15) is 0 Å². The van der Waals surface area contributed by atoms with E-state index in [1.54, 1.807) is 0 Å². The van der Waals surface area contributed by atoms with Crippen LogP contribution in [0.3, 0.4) is 0 Å². The first-order valence-electron chi connectivity index (χ1n) is 10.7. The van der Waals surface area contributed by atoms with Gasteiger partial charge in [-0.15, -0.1) is 0 Å². The van der Waals surface area contributed by atoms with Crippen LogP contribution in [0.5, 0.6) is 0 Å². The Morgan fingerprint density at radius 2 is 1.67 bits per heavy atom. The molecule has 4 rings (SSSR count). The second kappa shape index (κ2) is 9.14. The molecule has 0 radical (unpaired) electrons. The van der Waals surface area contributed by atoms with Crippen LogP contribution in [0.15, 0.2) is 42.5 Å². The number of nitrogens with zero attached hydrogens (tertiary/aromatic N) is 1. The van der Waals surface area contributed by atoms with Crippen LogP contribution >= 0.6 is 0 Å². The number of hydrogen-bond donors (Lipinski definition) is 4. The number of fused-ring (bicyclic) bond motifs is 1. The highest BCUT2D eigenvalue weighted by Crippen LogP contribution is 2.34. The Hall–Kier alpha value is -1.80. The predicted molar refractivity (Wildman–Crippen MR) is 113 cm³/mol. The average Bonchev–Trinajstić information content (AvgIpc) is 2.78. The number of ether oxygens (including phenoxy) is 1. The maximum atomic E-state index is 10.4. The molecular formula is C24H31NO5. The van der Waals surface area contributed by atoms with Gasteiger partial charge >= 0.3 is 0 Å². The third kappa shape index (κ3) is 4.30. The van der Waals surface area contributed by atoms with Crippen LogP contribution in [0.2, 0.25) is 0 Å². The Kier molecular flexibility index (Phi) is 6.53. The lowest BCUT2D eigenvalue weighted by Crippen LogP contribution is -2.55. The molecule has 6 heteroatoms. The molecule has 0 bridgehead atoms. The Bertz CT molecular complexity index is 853. The van der Waals surface area contributed by atoms with Gasteiger partial charge in [0.25, 0.3) is 0 Å². The van der Waals surface area contributed by atoms with Crippen molar-refractivity contribution in [1.82, 2.24) is 4.90 Å². The van der Waals surface area contributed by atoms with E-state index in [0.29, 0.717) is 0 Å². The van der Waals surface area contributed by atoms with Gasteiger partial charge in [-0.3, -0.25) is 4.90 Å². The van der Waals surface area contributed by atoms with Gasteiger partial charge in [0.1, 0.15) is 30.5 Å². The van der Waals surface area contributed by atoms with E-state index in [4.69, 9.17) is 4.74 Å². The van der Waals surface area contributed by atoms with Crippen molar-refractivity contribution in [3.63, 3.8) is 0 Å². The van der Waals surface area contributed by atoms with Crippen molar-refractivity contribution in [3.8, 4) is 0 Å². The van der Waals surface area contributed by atoms with E-state index in [-0.39, 0.29) is 0 Å². The molecule has 2 aliphatic rings. The highest BCUT2D eigenvalue weighted by Gasteiger charge is 2.44. The second-order valence-electron chi connectivity index (χ2n) is 8.41. The topological polar surface area (TPSA) is 93.4 Å². The van der Waals surface area contributed by atoms with E-state index in [1.165, 1.54) is 22.3 Å². The average molecular weight is 414 g/mol. The zero-order valence-corrected chi connectivity index (χ0v) is 17.3. The van der Waals surface area contributed by atoms with Crippen molar-refractivity contribution in [3.05, 3.63) is 70.3 Å². The molecule has 2 heterocycles. The number of aryl methyl sites for hydroxylation is 1. The molecule has 2 aliphatic heterocycles. The second-order valence-corrected chi connectivity index (χ2v) is 8.41. The molecule has 5 atom stereocenters. The van der Waals surface area contributed by atoms with Gasteiger partial charge in [-0.1, -0.05) is 49.4 Å². The van der Waals surface area contributed by atoms with Crippen LogP contribution in [0.4, 0.5) is 0 Å². The van der Waals surface area contributed by atoms with Gasteiger partial charge in [0, 0.05) is 19.6 Å². The fraction of sp³-hybridized carbons (Fsp3) is 0.500. The summed E-state index contributed by atoms with van der Waals surface area (Å²) >= 11 is 0. The molecule has 6 nitrogen and oxygen atoms in total. The largest absolute Gasteiger partial charge is 0.394 e. The predicted octanol–water partition coefficient (Wildman–Crippen LogP) is 1.32. The number of benzene rings is 2. The number of aliphatic hydroxyl groups is 4. The normalized spacial score (nSPS) is 29.6. The molecule has 1 fully saturated rings. The molecule has 30 heavy (non-hydrogen) atoms. The fourth-order valence-electron chi connectivity index (χ4n) is 4.46. The molecule has 1 saturated heterocycles. The van der Waals surface area contributed by atoms with Crippen molar-refractivity contribution in [1.29, 1.82) is 0 Å². The zero-order valence-electron chi connectivity index (χ0n) is 17.3. The Labute approximate surface area is 177 Å². The summed E-state index contributed by atoms with van der Waals surface area (Å²) in [5, 5.41) is 40.0. The van der Waals surface area contributed by atoms with Crippen molar-refractivity contribution in [2.24, 2.45) is 0 Å². The van der Waals surface area contributed by atoms with E-state index in [9.17, 15) is 20.4 Å². The lowest BCUT2D eigenvalue weighted by molar-refractivity contribution is -0.231. The summed E-state index contributed by atoms with van der Waals surface area (Å²) in [6.07, 6.45) is -3.64. The summed E-state index contributed by atoms with van der Waals surface area (Å²) in [7, 11) is 0. The minimum Gasteiger partial charge on any atom is -0.394 e. The fourth-order valence-corrected chi connectivity index (χ4v) is 4.46. The van der Waals surface area contributed by atoms with Crippen molar-refractivity contribution in [2.45, 2.75) is 63.4 Å². The van der Waals surface area contributed by atoms with E-state index >= 15 is 0 Å². The van der Waals surface area contributed by atoms with Gasteiger partial charge in [0.15, 0.2) is 0 Å². The summed E-state index contributed by atoms with van der Waals surface area (Å²) in [4.78, 5) is 2.40. The minimum absolute atomic E-state index is 0.420. The number of aliphatic hydroxyl groups excluding tert-OH is 4. The van der Waals surface area contributed by atoms with Gasteiger partial charge in [-0.25, -0.2) is 0 Å². The van der Waals surface area contributed by atoms with Crippen molar-refractivity contribution in [2.75, 3.05) is 13.2 Å². The molecule has 162 valence electrons. The van der Waals surface area contributed by atoms with Crippen molar-refractivity contribution < 1.29 is 25.2 Å². The first-order chi connectivity index (χ1) is 14.5. The van der Waals surface area contributed by atoms with Crippen LogP contribution < -0.4 is 0 Å². The Morgan fingerprint density at radius 3 is 2.37 bits per heavy atom. The number of hydrogen-bond acceptors (Lipinski definition) is 6. The van der Waals surface area contributed by atoms with Crippen LogP contribution in [0.1, 0.15) is 40.8 Å². The maximum absolute atomic E-state index is 10.4. The smallest absolute Gasteiger partial charge is 0.113 e. The maximum Gasteiger partial charge on any atom is 0.113 e. The van der Waals surface area contributed by atoms with Gasteiger partial charge in [-0.05, 0) is 40.7 Å². The molecule has 0 amide bonds. The lowest BCUT2D eigenvalue weighted by Gasteiger charge is -2.40. The minimum atomic E-state index is -1.36. The lowest BCUT2D eigenvalue weighted by atomic mass is 9.88. The molecule has 0 aliphatic carbocycles. The van der Waals surface area contributed by atoms with E-state index in [1.807, 2.05) is 12.1 Å². The van der Waals surface area contributed by atoms with Crippen LogP contribution in [-0.2, 0) is 30.7 Å². The summed E-state index contributed by atoms with van der Waals surface area (Å²) in [6, 6.07) is 14.7. The standard InChI is InChI=1S/C24H31NO5/c1-2-15-3-5-16(6-4-15)12-25-10-9-17-7-8-18(11-19(17)13-25)24-23(29)22(28)21(27)20(14-26)30-24/h3-8,11,20-24,26-29H,2,9-10,12-14H2,1H3/t20-,21-,22+,23-,24+/m1/s1. The molecule has 0 spiro atoms. The quantitative estimate of drug-likeness (QED) is 0.591. The summed E-state index contributed by atoms with van der Waals surface area (Å²) in [6.45, 7) is 4.41. The molecule has 0 saturated carbocycles. The zero-order chi connectivity index (χ0) is 21.3. The molecular weight excluding hydrogens is 382 g/mol. The van der Waals surface area contributed by atoms with Crippen LogP contribution in [0, 0.1) is 0 Å². The van der Waals surface area contributed by atoms with Crippen molar-refractivity contribution >= 4 is 0 Å². The summed E-state index contributed by atoms with van der Waals surface area (Å²) in [5.74, 6) is 0. The summed E-state index contributed by atoms with van der Waals surface area (Å²) < 4.78 is 5.73. The Morgan fingerprint density at radius 1 is 0.933 bits per heavy atom. The van der Waals surface area contributed by atoms with Gasteiger partial charge < -0.3 is 25.2 Å². The monoisotopic (exact) mass is 413 g/mol. The van der Waals surface area contributed by atoms with E-state index in [0.717, 1.165) is 38.0 Å².